The van der Waals surface area contributed by atoms with E-state index in [2.05, 4.69) is 17.4 Å². The van der Waals surface area contributed by atoms with Gasteiger partial charge in [-0.3, -0.25) is 4.79 Å². The van der Waals surface area contributed by atoms with E-state index in [9.17, 15) is 4.79 Å². The fourth-order valence-corrected chi connectivity index (χ4v) is 2.26. The van der Waals surface area contributed by atoms with Gasteiger partial charge in [0.25, 0.3) is 0 Å². The zero-order valence-corrected chi connectivity index (χ0v) is 12.5. The van der Waals surface area contributed by atoms with Crippen molar-refractivity contribution in [2.24, 2.45) is 5.73 Å². The smallest absolute Gasteiger partial charge is 0.234 e. The van der Waals surface area contributed by atoms with E-state index in [1.54, 1.807) is 0 Å². The molecule has 0 aromatic heterocycles. The number of ether oxygens (including phenoxy) is 1. The van der Waals surface area contributed by atoms with Crippen LogP contribution in [0.1, 0.15) is 20.3 Å². The van der Waals surface area contributed by atoms with E-state index in [1.165, 1.54) is 5.39 Å². The first-order chi connectivity index (χ1) is 10.1. The number of amides is 1. The van der Waals surface area contributed by atoms with Crippen LogP contribution in [0.5, 0.6) is 5.75 Å². The Kier molecular flexibility index (Phi) is 5.17. The highest BCUT2D eigenvalue weighted by molar-refractivity contribution is 5.83. The first kappa shape index (κ1) is 15.3. The molecule has 0 saturated heterocycles. The minimum absolute atomic E-state index is 0.211. The van der Waals surface area contributed by atoms with Crippen molar-refractivity contribution in [1.29, 1.82) is 0 Å². The van der Waals surface area contributed by atoms with Crippen molar-refractivity contribution >= 4 is 16.7 Å². The zero-order valence-electron chi connectivity index (χ0n) is 12.5. The van der Waals surface area contributed by atoms with E-state index in [0.29, 0.717) is 13.0 Å². The van der Waals surface area contributed by atoms with Crippen LogP contribution in [0.3, 0.4) is 0 Å². The van der Waals surface area contributed by atoms with Crippen molar-refractivity contribution in [2.45, 2.75) is 32.4 Å². The number of carbonyl (C=O) groups is 1. The van der Waals surface area contributed by atoms with Gasteiger partial charge in [-0.25, -0.2) is 0 Å². The highest BCUT2D eigenvalue weighted by atomic mass is 16.5. The van der Waals surface area contributed by atoms with Gasteiger partial charge in [0.2, 0.25) is 5.91 Å². The van der Waals surface area contributed by atoms with E-state index in [1.807, 2.05) is 44.2 Å². The molecular weight excluding hydrogens is 264 g/mol. The lowest BCUT2D eigenvalue weighted by atomic mass is 10.1. The second-order valence-corrected chi connectivity index (χ2v) is 5.42. The van der Waals surface area contributed by atoms with Crippen LogP contribution >= 0.6 is 0 Å². The molecule has 0 radical (unpaired) electrons. The molecule has 0 aliphatic heterocycles. The second kappa shape index (κ2) is 7.09. The van der Waals surface area contributed by atoms with Crippen LogP contribution in [0.25, 0.3) is 10.8 Å². The Hall–Kier alpha value is -2.07. The molecule has 1 atom stereocenters. The quantitative estimate of drug-likeness (QED) is 0.821. The Morgan fingerprint density at radius 3 is 2.57 bits per heavy atom. The first-order valence-electron chi connectivity index (χ1n) is 7.23. The SMILES string of the molecule is CC(C)NC(CCOc1ccc2ccccc2c1)C(N)=O. The molecule has 0 saturated carbocycles. The molecule has 0 aliphatic carbocycles. The van der Waals surface area contributed by atoms with Gasteiger partial charge in [-0.05, 0) is 22.9 Å². The number of benzene rings is 2. The van der Waals surface area contributed by atoms with Crippen LogP contribution < -0.4 is 15.8 Å². The summed E-state index contributed by atoms with van der Waals surface area (Å²) in [6, 6.07) is 14.0. The monoisotopic (exact) mass is 286 g/mol. The summed E-state index contributed by atoms with van der Waals surface area (Å²) >= 11 is 0. The van der Waals surface area contributed by atoms with Gasteiger partial charge in [0.15, 0.2) is 0 Å². The summed E-state index contributed by atoms with van der Waals surface area (Å²) in [5.41, 5.74) is 5.38. The average molecular weight is 286 g/mol. The van der Waals surface area contributed by atoms with Gasteiger partial charge in [0.05, 0.1) is 12.6 Å². The van der Waals surface area contributed by atoms with Gasteiger partial charge in [-0.1, -0.05) is 44.2 Å². The van der Waals surface area contributed by atoms with Crippen LogP contribution in [0.2, 0.25) is 0 Å². The lowest BCUT2D eigenvalue weighted by Crippen LogP contribution is -2.45. The highest BCUT2D eigenvalue weighted by Crippen LogP contribution is 2.20. The molecule has 0 spiro atoms. The number of rotatable bonds is 7. The molecular formula is C17H22N2O2. The number of primary amides is 1. The lowest BCUT2D eigenvalue weighted by molar-refractivity contribution is -0.120. The molecule has 1 unspecified atom stereocenters. The average Bonchev–Trinajstić information content (AvgIpc) is 2.45. The molecule has 4 nitrogen and oxygen atoms in total. The fraction of sp³-hybridized carbons (Fsp3) is 0.353. The van der Waals surface area contributed by atoms with Crippen molar-refractivity contribution in [2.75, 3.05) is 6.61 Å². The summed E-state index contributed by atoms with van der Waals surface area (Å²) < 4.78 is 5.73. The molecule has 112 valence electrons. The molecule has 21 heavy (non-hydrogen) atoms. The molecule has 2 aromatic rings. The maximum atomic E-state index is 11.4. The standard InChI is InChI=1S/C17H22N2O2/c1-12(2)19-16(17(18)20)9-10-21-15-8-7-13-5-3-4-6-14(13)11-15/h3-8,11-12,16,19H,9-10H2,1-2H3,(H2,18,20). The molecule has 3 N–H and O–H groups in total. The van der Waals surface area contributed by atoms with Crippen molar-refractivity contribution < 1.29 is 9.53 Å². The Morgan fingerprint density at radius 2 is 1.90 bits per heavy atom. The van der Waals surface area contributed by atoms with Crippen LogP contribution in [-0.4, -0.2) is 24.6 Å². The lowest BCUT2D eigenvalue weighted by Gasteiger charge is -2.18. The Morgan fingerprint density at radius 1 is 1.19 bits per heavy atom. The molecule has 4 heteroatoms. The molecule has 1 amide bonds. The summed E-state index contributed by atoms with van der Waals surface area (Å²) in [5, 5.41) is 5.46. The zero-order chi connectivity index (χ0) is 15.2. The third-order valence-corrected chi connectivity index (χ3v) is 3.27. The first-order valence-corrected chi connectivity index (χ1v) is 7.23. The predicted molar refractivity (Wildman–Crippen MR) is 85.3 cm³/mol. The van der Waals surface area contributed by atoms with Crippen molar-refractivity contribution in [3.05, 3.63) is 42.5 Å². The summed E-state index contributed by atoms with van der Waals surface area (Å²) in [5.74, 6) is 0.465. The Bertz CT molecular complexity index is 611. The maximum absolute atomic E-state index is 11.4. The third kappa shape index (κ3) is 4.46. The van der Waals surface area contributed by atoms with Gasteiger partial charge in [0.1, 0.15) is 5.75 Å². The number of nitrogens with two attached hydrogens (primary N) is 1. The largest absolute Gasteiger partial charge is 0.493 e. The fourth-order valence-electron chi connectivity index (χ4n) is 2.26. The van der Waals surface area contributed by atoms with Crippen molar-refractivity contribution in [3.8, 4) is 5.75 Å². The van der Waals surface area contributed by atoms with Gasteiger partial charge in [-0.2, -0.15) is 0 Å². The number of hydrogen-bond donors (Lipinski definition) is 2. The summed E-state index contributed by atoms with van der Waals surface area (Å²) in [4.78, 5) is 11.4. The molecule has 0 bridgehead atoms. The minimum Gasteiger partial charge on any atom is -0.493 e. The number of carbonyl (C=O) groups excluding carboxylic acids is 1. The van der Waals surface area contributed by atoms with Gasteiger partial charge in [0, 0.05) is 12.5 Å². The van der Waals surface area contributed by atoms with E-state index < -0.39 is 0 Å². The summed E-state index contributed by atoms with van der Waals surface area (Å²) in [7, 11) is 0. The van der Waals surface area contributed by atoms with E-state index in [0.717, 1.165) is 11.1 Å². The number of fused-ring (bicyclic) bond motifs is 1. The van der Waals surface area contributed by atoms with Crippen LogP contribution in [0.15, 0.2) is 42.5 Å². The molecule has 0 heterocycles. The second-order valence-electron chi connectivity index (χ2n) is 5.42. The topological polar surface area (TPSA) is 64.3 Å². The summed E-state index contributed by atoms with van der Waals surface area (Å²) in [6.07, 6.45) is 0.556. The summed E-state index contributed by atoms with van der Waals surface area (Å²) in [6.45, 7) is 4.42. The third-order valence-electron chi connectivity index (χ3n) is 3.27. The molecule has 2 aromatic carbocycles. The van der Waals surface area contributed by atoms with Gasteiger partial charge in [-0.15, -0.1) is 0 Å². The van der Waals surface area contributed by atoms with Gasteiger partial charge >= 0.3 is 0 Å². The Labute approximate surface area is 125 Å². The molecule has 0 fully saturated rings. The van der Waals surface area contributed by atoms with E-state index in [-0.39, 0.29) is 18.0 Å². The molecule has 0 aliphatic rings. The Balaban J connectivity index is 1.93. The molecule has 2 rings (SSSR count). The minimum atomic E-state index is -0.356. The van der Waals surface area contributed by atoms with Crippen molar-refractivity contribution in [3.63, 3.8) is 0 Å². The number of nitrogens with one attached hydrogen (secondary N) is 1. The van der Waals surface area contributed by atoms with Crippen LogP contribution in [0, 0.1) is 0 Å². The van der Waals surface area contributed by atoms with Crippen LogP contribution in [-0.2, 0) is 4.79 Å². The predicted octanol–water partition coefficient (Wildman–Crippen LogP) is 2.46. The normalized spacial score (nSPS) is 12.5. The number of hydrogen-bond acceptors (Lipinski definition) is 3. The van der Waals surface area contributed by atoms with E-state index >= 15 is 0 Å². The maximum Gasteiger partial charge on any atom is 0.234 e. The van der Waals surface area contributed by atoms with Crippen LogP contribution in [0.4, 0.5) is 0 Å². The van der Waals surface area contributed by atoms with E-state index in [4.69, 9.17) is 10.5 Å². The van der Waals surface area contributed by atoms with Gasteiger partial charge < -0.3 is 15.8 Å². The van der Waals surface area contributed by atoms with Crippen molar-refractivity contribution in [1.82, 2.24) is 5.32 Å². The highest BCUT2D eigenvalue weighted by Gasteiger charge is 2.15.